The van der Waals surface area contributed by atoms with Crippen molar-refractivity contribution < 1.29 is 89.6 Å². The second-order valence-corrected chi connectivity index (χ2v) is 10.1. The molecule has 0 aliphatic heterocycles. The summed E-state index contributed by atoms with van der Waals surface area (Å²) in [5.41, 5.74) is 0.956. The van der Waals surface area contributed by atoms with E-state index >= 15 is 0 Å². The topological polar surface area (TPSA) is 135 Å². The minimum Gasteiger partial charge on any atom is -0.759 e. The fourth-order valence-corrected chi connectivity index (χ4v) is 3.43. The van der Waals surface area contributed by atoms with E-state index in [0.717, 1.165) is 5.56 Å². The maximum atomic E-state index is 10.5. The summed E-state index contributed by atoms with van der Waals surface area (Å²) in [5, 5.41) is 0. The molecule has 1 aromatic carbocycles. The smallest absolute Gasteiger partial charge is 0.759 e. The summed E-state index contributed by atoms with van der Waals surface area (Å²) in [6.07, 6.45) is 14.7. The van der Waals surface area contributed by atoms with Crippen LogP contribution in [-0.2, 0) is 20.5 Å². The van der Waals surface area contributed by atoms with Crippen LogP contribution in [0.1, 0.15) is 76.7 Å². The average molecular weight is 507 g/mol. The van der Waals surface area contributed by atoms with E-state index in [2.05, 4.69) is 6.92 Å². The third-order valence-electron chi connectivity index (χ3n) is 4.03. The van der Waals surface area contributed by atoms with Crippen LogP contribution in [0.4, 0.5) is 0 Å². The molecule has 0 atom stereocenters. The molecule has 0 fully saturated rings. The molecule has 31 heavy (non-hydrogen) atoms. The number of unbranched alkanes of at least 4 members (excludes halogenated alkanes) is 9. The molecule has 0 saturated heterocycles. The summed E-state index contributed by atoms with van der Waals surface area (Å²) in [7, 11) is -9.19. The molecule has 7 nitrogen and oxygen atoms in total. The van der Waals surface area contributed by atoms with E-state index < -0.39 is 20.5 Å². The standard InChI is InChI=1S/C12H25.C7H8O3S.3Na.H2O4S/c1-3-5-7-9-11-12-10-8-6-4-2;1-6-2-4-7(5-3-6)11(8,9)10;;;;1-5(2,3)4/h1,3-12H2,2H3;2-5H,1H3,(H,8,9,10);;;;(H2,1,2,3,4)/q;;;2*+1;/p-2. The van der Waals surface area contributed by atoms with Gasteiger partial charge in [-0.3, -0.25) is 13.0 Å². The largest absolute Gasteiger partial charge is 1.00 e. The van der Waals surface area contributed by atoms with Gasteiger partial charge in [-0.2, -0.15) is 8.42 Å². The van der Waals surface area contributed by atoms with Crippen LogP contribution in [0.3, 0.4) is 0 Å². The van der Waals surface area contributed by atoms with Crippen LogP contribution in [-0.4, -0.2) is 58.4 Å². The molecule has 0 spiro atoms. The van der Waals surface area contributed by atoms with Crippen LogP contribution in [0.2, 0.25) is 3.67 Å². The predicted molar refractivity (Wildman–Crippen MR) is 114 cm³/mol. The van der Waals surface area contributed by atoms with E-state index in [4.69, 9.17) is 22.1 Å². The first-order valence-electron chi connectivity index (χ1n) is 10.1. The molecule has 0 aliphatic rings. The van der Waals surface area contributed by atoms with Crippen LogP contribution >= 0.6 is 0 Å². The fourth-order valence-electron chi connectivity index (χ4n) is 2.45. The van der Waals surface area contributed by atoms with Gasteiger partial charge in [0.15, 0.2) is 0 Å². The maximum Gasteiger partial charge on any atom is 1.00 e. The van der Waals surface area contributed by atoms with Crippen molar-refractivity contribution >= 4 is 48.4 Å². The molecule has 1 aromatic rings. The summed E-state index contributed by atoms with van der Waals surface area (Å²) < 4.78 is 65.1. The second-order valence-electron chi connectivity index (χ2n) is 6.88. The number of rotatable bonds is 11. The average Bonchev–Trinajstić information content (AvgIpc) is 2.59. The van der Waals surface area contributed by atoms with Crippen LogP contribution in [0.15, 0.2) is 29.2 Å². The van der Waals surface area contributed by atoms with Crippen molar-refractivity contribution in [2.45, 2.75) is 86.6 Å². The van der Waals surface area contributed by atoms with Crippen molar-refractivity contribution in [3.63, 3.8) is 0 Å². The van der Waals surface area contributed by atoms with E-state index in [-0.39, 0.29) is 64.0 Å². The summed E-state index contributed by atoms with van der Waals surface area (Å²) in [5.74, 6) is 0. The molecule has 0 heterocycles. The Morgan fingerprint density at radius 1 is 0.774 bits per heavy atom. The predicted octanol–water partition coefficient (Wildman–Crippen LogP) is -1.59. The normalized spacial score (nSPS) is 10.4. The van der Waals surface area contributed by atoms with Crippen LogP contribution in [0.5, 0.6) is 0 Å². The second kappa shape index (κ2) is 25.1. The third kappa shape index (κ3) is 36.7. The Morgan fingerprint density at radius 2 is 1.10 bits per heavy atom. The van der Waals surface area contributed by atoms with Crippen molar-refractivity contribution in [2.75, 3.05) is 0 Å². The van der Waals surface area contributed by atoms with Gasteiger partial charge in [0.2, 0.25) is 0 Å². The Balaban J connectivity index is -0.000000185. The van der Waals surface area contributed by atoms with E-state index in [9.17, 15) is 8.42 Å². The molecule has 0 bridgehead atoms. The van der Waals surface area contributed by atoms with E-state index in [1.165, 1.54) is 108 Å². The molecule has 0 saturated carbocycles. The Hall–Kier alpha value is 2.00. The Morgan fingerprint density at radius 3 is 1.39 bits per heavy atom. The summed E-state index contributed by atoms with van der Waals surface area (Å²) >= 11 is 1.41. The van der Waals surface area contributed by atoms with Crippen molar-refractivity contribution in [1.29, 1.82) is 0 Å². The summed E-state index contributed by atoms with van der Waals surface area (Å²) in [4.78, 5) is -0.0666. The van der Waals surface area contributed by atoms with Gasteiger partial charge in [0.25, 0.3) is 10.1 Å². The zero-order chi connectivity index (χ0) is 22.8. The SMILES string of the molecule is CCCCCCCCCCC[CH2][Na].Cc1ccc(S(=O)(=O)O)cc1.O=S(=O)([O-])[O-].[Na+].[Na+]. The molecule has 1 rings (SSSR count). The van der Waals surface area contributed by atoms with Crippen LogP contribution in [0.25, 0.3) is 0 Å². The molecular weight excluding hydrogens is 473 g/mol. The Bertz CT molecular complexity index is 693. The van der Waals surface area contributed by atoms with Crippen molar-refractivity contribution in [3.8, 4) is 0 Å². The summed E-state index contributed by atoms with van der Waals surface area (Å²) in [6.45, 7) is 4.13. The molecule has 0 radical (unpaired) electrons. The van der Waals surface area contributed by atoms with E-state index in [1.54, 1.807) is 12.1 Å². The van der Waals surface area contributed by atoms with Gasteiger partial charge in [-0.15, -0.1) is 0 Å². The van der Waals surface area contributed by atoms with Gasteiger partial charge in [-0.25, -0.2) is 0 Å². The van der Waals surface area contributed by atoms with Gasteiger partial charge in [0.05, 0.1) is 4.90 Å². The van der Waals surface area contributed by atoms with Gasteiger partial charge < -0.3 is 9.11 Å². The minimum absolute atomic E-state index is 0. The van der Waals surface area contributed by atoms with Gasteiger partial charge in [0, 0.05) is 10.4 Å². The molecular formula is C19H33Na3O7S2. The first-order valence-corrected chi connectivity index (χ1v) is 14.3. The minimum atomic E-state index is -5.17. The number of hydrogen-bond acceptors (Lipinski definition) is 6. The number of hydrogen-bond donors (Lipinski definition) is 1. The monoisotopic (exact) mass is 506 g/mol. The molecule has 1 N–H and O–H groups in total. The van der Waals surface area contributed by atoms with Crippen molar-refractivity contribution in [3.05, 3.63) is 29.8 Å². The molecule has 166 valence electrons. The first-order chi connectivity index (χ1) is 13.4. The molecule has 12 heteroatoms. The zero-order valence-electron chi connectivity index (χ0n) is 19.8. The molecule has 0 amide bonds. The number of aryl methyl sites for hydroxylation is 1. The summed E-state index contributed by atoms with van der Waals surface area (Å²) in [6, 6.07) is 5.99. The Labute approximate surface area is 251 Å². The van der Waals surface area contributed by atoms with Crippen LogP contribution in [0, 0.1) is 6.92 Å². The third-order valence-corrected chi connectivity index (χ3v) is 5.60. The van der Waals surface area contributed by atoms with Crippen molar-refractivity contribution in [1.82, 2.24) is 0 Å². The van der Waals surface area contributed by atoms with Gasteiger partial charge in [0.1, 0.15) is 0 Å². The number of benzene rings is 1. The van der Waals surface area contributed by atoms with Crippen molar-refractivity contribution in [2.24, 2.45) is 0 Å². The quantitative estimate of drug-likeness (QED) is 0.165. The van der Waals surface area contributed by atoms with Gasteiger partial charge in [-0.05, 0) is 19.1 Å². The zero-order valence-corrected chi connectivity index (χ0v) is 27.4. The van der Waals surface area contributed by atoms with E-state index in [1.807, 2.05) is 6.92 Å². The van der Waals surface area contributed by atoms with Crippen LogP contribution < -0.4 is 59.1 Å². The molecule has 0 unspecified atom stereocenters. The van der Waals surface area contributed by atoms with E-state index in [0.29, 0.717) is 0 Å². The fraction of sp³-hybridized carbons (Fsp3) is 0.684. The Kier molecular flexibility index (Phi) is 32.5. The molecule has 0 aliphatic carbocycles. The van der Waals surface area contributed by atoms with Gasteiger partial charge in [-0.1, -0.05) is 17.7 Å². The maximum absolute atomic E-state index is 10.5. The molecule has 0 aromatic heterocycles. The first kappa shape index (κ1) is 40.2. The van der Waals surface area contributed by atoms with Gasteiger partial charge >= 0.3 is 162 Å².